The Kier molecular flexibility index (Phi) is 7.83. The molecule has 0 bridgehead atoms. The van der Waals surface area contributed by atoms with Crippen molar-refractivity contribution in [2.75, 3.05) is 53.2 Å². The Morgan fingerprint density at radius 3 is 2.53 bits per heavy atom. The van der Waals surface area contributed by atoms with Crippen LogP contribution in [0.25, 0.3) is 0 Å². The molecule has 0 aromatic heterocycles. The molecule has 0 saturated carbocycles. The van der Waals surface area contributed by atoms with Gasteiger partial charge in [0.25, 0.3) is 0 Å². The molecule has 2 saturated heterocycles. The number of hydrogen-bond acceptors (Lipinski definition) is 7. The number of piperidine rings is 1. The van der Waals surface area contributed by atoms with Crippen LogP contribution < -0.4 is 14.2 Å². The predicted molar refractivity (Wildman–Crippen MR) is 143 cm³/mol. The van der Waals surface area contributed by atoms with Crippen LogP contribution in [0.4, 0.5) is 0 Å². The number of amides is 1. The van der Waals surface area contributed by atoms with Crippen molar-refractivity contribution in [3.63, 3.8) is 0 Å². The number of hydrogen-bond donors (Lipinski definition) is 0. The van der Waals surface area contributed by atoms with Gasteiger partial charge in [0, 0.05) is 45.8 Å². The van der Waals surface area contributed by atoms with Gasteiger partial charge in [-0.3, -0.25) is 9.69 Å². The fourth-order valence-electron chi connectivity index (χ4n) is 5.44. The van der Waals surface area contributed by atoms with E-state index in [-0.39, 0.29) is 36.0 Å². The van der Waals surface area contributed by atoms with E-state index in [2.05, 4.69) is 4.90 Å². The zero-order valence-electron chi connectivity index (χ0n) is 22.4. The van der Waals surface area contributed by atoms with Gasteiger partial charge in [0.15, 0.2) is 11.5 Å². The average molecular weight is 544 g/mol. The van der Waals surface area contributed by atoms with Crippen molar-refractivity contribution < 1.29 is 27.4 Å². The minimum Gasteiger partial charge on any atom is -0.495 e. The molecule has 206 valence electrons. The van der Waals surface area contributed by atoms with Crippen molar-refractivity contribution in [2.24, 2.45) is 5.92 Å². The number of piperazine rings is 1. The summed E-state index contributed by atoms with van der Waals surface area (Å²) in [5, 5.41) is 0. The summed E-state index contributed by atoms with van der Waals surface area (Å²) < 4.78 is 45.1. The van der Waals surface area contributed by atoms with Crippen LogP contribution in [0.15, 0.2) is 41.3 Å². The fourth-order valence-corrected chi connectivity index (χ4v) is 7.15. The number of carbonyl (C=O) groups excluding carboxylic acids is 1. The third-order valence-corrected chi connectivity index (χ3v) is 9.62. The van der Waals surface area contributed by atoms with Gasteiger partial charge in [0.1, 0.15) is 10.6 Å². The van der Waals surface area contributed by atoms with Crippen molar-refractivity contribution in [1.82, 2.24) is 14.1 Å². The zero-order valence-corrected chi connectivity index (χ0v) is 23.2. The lowest BCUT2D eigenvalue weighted by atomic mass is 9.97. The van der Waals surface area contributed by atoms with Crippen LogP contribution in [-0.2, 0) is 21.4 Å². The van der Waals surface area contributed by atoms with E-state index in [1.54, 1.807) is 12.1 Å². The maximum atomic E-state index is 13.7. The van der Waals surface area contributed by atoms with E-state index in [1.165, 1.54) is 11.4 Å². The lowest BCUT2D eigenvalue weighted by Crippen LogP contribution is -2.52. The summed E-state index contributed by atoms with van der Waals surface area (Å²) >= 11 is 0. The molecule has 0 radical (unpaired) electrons. The maximum Gasteiger partial charge on any atom is 0.246 e. The standard InChI is InChI=1S/C28H37N3O6S/c1-20(2)22-7-9-25(35-3)27(16-22)38(33,34)31-10-4-5-23(18-31)28(32)30-13-11-29(12-14-30)17-21-6-8-24-26(15-21)37-19-36-24/h6-9,15-16,20,23H,4-5,10-14,17-19H2,1-3H3/t23-/m1/s1. The topological polar surface area (TPSA) is 88.6 Å². The van der Waals surface area contributed by atoms with Gasteiger partial charge >= 0.3 is 0 Å². The van der Waals surface area contributed by atoms with Crippen LogP contribution in [0, 0.1) is 5.92 Å². The SMILES string of the molecule is COc1ccc(C(C)C)cc1S(=O)(=O)N1CCC[C@@H](C(=O)N2CCN(Cc3ccc4c(c3)OCO4)CC2)C1. The van der Waals surface area contributed by atoms with E-state index in [0.29, 0.717) is 38.2 Å². The minimum absolute atomic E-state index is 0.0514. The highest BCUT2D eigenvalue weighted by Crippen LogP contribution is 2.34. The molecule has 3 aliphatic heterocycles. The van der Waals surface area contributed by atoms with Crippen LogP contribution in [0.3, 0.4) is 0 Å². The Balaban J connectivity index is 1.20. The largest absolute Gasteiger partial charge is 0.495 e. The Bertz CT molecular complexity index is 1270. The van der Waals surface area contributed by atoms with E-state index >= 15 is 0 Å². The number of ether oxygens (including phenoxy) is 3. The molecule has 0 unspecified atom stereocenters. The minimum atomic E-state index is -3.80. The summed E-state index contributed by atoms with van der Waals surface area (Å²) in [6, 6.07) is 11.3. The molecular formula is C28H37N3O6S. The summed E-state index contributed by atoms with van der Waals surface area (Å²) in [5.74, 6) is 1.80. The lowest BCUT2D eigenvalue weighted by molar-refractivity contribution is -0.138. The second-order valence-corrected chi connectivity index (χ2v) is 12.5. The highest BCUT2D eigenvalue weighted by Gasteiger charge is 2.37. The molecule has 0 N–H and O–H groups in total. The van der Waals surface area contributed by atoms with Gasteiger partial charge in [-0.1, -0.05) is 26.0 Å². The molecule has 3 heterocycles. The first-order valence-electron chi connectivity index (χ1n) is 13.3. The molecule has 1 atom stereocenters. The van der Waals surface area contributed by atoms with E-state index < -0.39 is 10.0 Å². The summed E-state index contributed by atoms with van der Waals surface area (Å²) in [6.07, 6.45) is 1.36. The van der Waals surface area contributed by atoms with Crippen LogP contribution in [0.5, 0.6) is 17.2 Å². The number of sulfonamides is 1. The molecule has 0 aliphatic carbocycles. The molecular weight excluding hydrogens is 506 g/mol. The number of benzene rings is 2. The summed E-state index contributed by atoms with van der Waals surface area (Å²) in [4.78, 5) is 17.9. The number of carbonyl (C=O) groups is 1. The van der Waals surface area contributed by atoms with E-state index in [9.17, 15) is 13.2 Å². The zero-order chi connectivity index (χ0) is 26.9. The van der Waals surface area contributed by atoms with Crippen molar-refractivity contribution in [3.05, 3.63) is 47.5 Å². The summed E-state index contributed by atoms with van der Waals surface area (Å²) in [5.41, 5.74) is 2.09. The molecule has 9 nitrogen and oxygen atoms in total. The van der Waals surface area contributed by atoms with Gasteiger partial charge in [-0.25, -0.2) is 8.42 Å². The van der Waals surface area contributed by atoms with Gasteiger partial charge in [0.05, 0.1) is 13.0 Å². The Hall–Kier alpha value is -2.82. The van der Waals surface area contributed by atoms with E-state index in [0.717, 1.165) is 42.3 Å². The molecule has 5 rings (SSSR count). The fraction of sp³-hybridized carbons (Fsp3) is 0.536. The molecule has 2 fully saturated rings. The smallest absolute Gasteiger partial charge is 0.246 e. The van der Waals surface area contributed by atoms with Crippen LogP contribution in [0.2, 0.25) is 0 Å². The third-order valence-electron chi connectivity index (χ3n) is 7.73. The first-order chi connectivity index (χ1) is 18.3. The first-order valence-corrected chi connectivity index (χ1v) is 14.8. The Labute approximate surface area is 225 Å². The molecule has 2 aromatic carbocycles. The predicted octanol–water partition coefficient (Wildman–Crippen LogP) is 3.29. The Morgan fingerprint density at radius 2 is 1.79 bits per heavy atom. The maximum absolute atomic E-state index is 13.7. The van der Waals surface area contributed by atoms with E-state index in [4.69, 9.17) is 14.2 Å². The second kappa shape index (κ2) is 11.1. The Morgan fingerprint density at radius 1 is 1.03 bits per heavy atom. The van der Waals surface area contributed by atoms with Gasteiger partial charge in [0.2, 0.25) is 22.7 Å². The number of methoxy groups -OCH3 is 1. The van der Waals surface area contributed by atoms with Gasteiger partial charge in [-0.15, -0.1) is 0 Å². The number of fused-ring (bicyclic) bond motifs is 1. The number of rotatable bonds is 7. The summed E-state index contributed by atoms with van der Waals surface area (Å²) in [6.45, 7) is 8.53. The molecule has 10 heteroatoms. The van der Waals surface area contributed by atoms with Crippen LogP contribution in [-0.4, -0.2) is 81.6 Å². The monoisotopic (exact) mass is 543 g/mol. The summed E-state index contributed by atoms with van der Waals surface area (Å²) in [7, 11) is -2.31. The van der Waals surface area contributed by atoms with Crippen molar-refractivity contribution in [2.45, 2.75) is 44.0 Å². The highest BCUT2D eigenvalue weighted by atomic mass is 32.2. The molecule has 38 heavy (non-hydrogen) atoms. The van der Waals surface area contributed by atoms with Crippen LogP contribution >= 0.6 is 0 Å². The molecule has 2 aromatic rings. The quantitative estimate of drug-likeness (QED) is 0.530. The lowest BCUT2D eigenvalue weighted by Gasteiger charge is -2.38. The molecule has 3 aliphatic rings. The van der Waals surface area contributed by atoms with Crippen molar-refractivity contribution >= 4 is 15.9 Å². The highest BCUT2D eigenvalue weighted by molar-refractivity contribution is 7.89. The third kappa shape index (κ3) is 5.48. The molecule has 1 amide bonds. The first kappa shape index (κ1) is 26.8. The van der Waals surface area contributed by atoms with Gasteiger partial charge in [-0.2, -0.15) is 4.31 Å². The normalized spacial score (nSPS) is 20.6. The van der Waals surface area contributed by atoms with Crippen molar-refractivity contribution in [1.29, 1.82) is 0 Å². The van der Waals surface area contributed by atoms with E-state index in [1.807, 2.05) is 43.0 Å². The van der Waals surface area contributed by atoms with Gasteiger partial charge < -0.3 is 19.1 Å². The van der Waals surface area contributed by atoms with Crippen LogP contribution in [0.1, 0.15) is 43.7 Å². The molecule has 0 spiro atoms. The van der Waals surface area contributed by atoms with Gasteiger partial charge in [-0.05, 0) is 54.2 Å². The second-order valence-electron chi connectivity index (χ2n) is 10.6. The van der Waals surface area contributed by atoms with Crippen molar-refractivity contribution in [3.8, 4) is 17.2 Å². The number of nitrogens with zero attached hydrogens (tertiary/aromatic N) is 3. The average Bonchev–Trinajstić information content (AvgIpc) is 3.41.